The minimum absolute atomic E-state index is 0.733. The fourth-order valence-corrected chi connectivity index (χ4v) is 2.58. The van der Waals surface area contributed by atoms with E-state index in [4.69, 9.17) is 9.47 Å². The molecule has 106 valence electrons. The van der Waals surface area contributed by atoms with E-state index >= 15 is 0 Å². The van der Waals surface area contributed by atoms with Crippen molar-refractivity contribution >= 4 is 15.9 Å². The van der Waals surface area contributed by atoms with Crippen LogP contribution < -0.4 is 14.0 Å². The average molecular weight is 337 g/mol. The van der Waals surface area contributed by atoms with Crippen molar-refractivity contribution in [3.05, 3.63) is 41.1 Å². The molecule has 0 aliphatic carbocycles. The van der Waals surface area contributed by atoms with Crippen molar-refractivity contribution in [3.8, 4) is 22.6 Å². The lowest BCUT2D eigenvalue weighted by atomic mass is 10.1. The number of hydrogen-bond donors (Lipinski definition) is 0. The van der Waals surface area contributed by atoms with Gasteiger partial charge in [-0.25, -0.2) is 4.57 Å². The monoisotopic (exact) mass is 336 g/mol. The Bertz CT molecular complexity index is 599. The molecular formula is C16H19BrNO2+. The highest BCUT2D eigenvalue weighted by molar-refractivity contribution is 9.10. The van der Waals surface area contributed by atoms with Gasteiger partial charge in [0, 0.05) is 0 Å². The van der Waals surface area contributed by atoms with Crippen LogP contribution in [0.2, 0.25) is 0 Å². The van der Waals surface area contributed by atoms with Gasteiger partial charge in [0.1, 0.15) is 12.8 Å². The zero-order valence-corrected chi connectivity index (χ0v) is 13.6. The van der Waals surface area contributed by atoms with Crippen molar-refractivity contribution in [3.63, 3.8) is 0 Å². The molecule has 0 N–H and O–H groups in total. The van der Waals surface area contributed by atoms with E-state index in [2.05, 4.69) is 41.2 Å². The normalized spacial score (nSPS) is 10.4. The second-order valence-electron chi connectivity index (χ2n) is 4.60. The van der Waals surface area contributed by atoms with Gasteiger partial charge in [0.15, 0.2) is 11.9 Å². The Labute approximate surface area is 128 Å². The number of hydrogen-bond acceptors (Lipinski definition) is 2. The second-order valence-corrected chi connectivity index (χ2v) is 5.39. The summed E-state index contributed by atoms with van der Waals surface area (Å²) in [6.45, 7) is 2.83. The highest BCUT2D eigenvalue weighted by Gasteiger charge is 2.15. The largest absolute Gasteiger partial charge is 0.494 e. The molecule has 2 aromatic rings. The molecule has 4 heteroatoms. The molecule has 0 fully saturated rings. The maximum Gasteiger partial charge on any atom is 0.212 e. The van der Waals surface area contributed by atoms with Crippen molar-refractivity contribution < 1.29 is 14.0 Å². The Morgan fingerprint density at radius 3 is 2.75 bits per heavy atom. The molecule has 3 nitrogen and oxygen atoms in total. The van der Waals surface area contributed by atoms with Crippen LogP contribution in [0.15, 0.2) is 41.1 Å². The van der Waals surface area contributed by atoms with E-state index in [0.29, 0.717) is 0 Å². The van der Waals surface area contributed by atoms with Gasteiger partial charge >= 0.3 is 0 Å². The highest BCUT2D eigenvalue weighted by Crippen LogP contribution is 2.35. The van der Waals surface area contributed by atoms with E-state index in [-0.39, 0.29) is 0 Å². The van der Waals surface area contributed by atoms with Crippen molar-refractivity contribution in [2.45, 2.75) is 13.3 Å². The summed E-state index contributed by atoms with van der Waals surface area (Å²) in [6.07, 6.45) is 5.00. The summed E-state index contributed by atoms with van der Waals surface area (Å²) in [7, 11) is 3.65. The first kappa shape index (κ1) is 14.9. The Morgan fingerprint density at radius 1 is 1.25 bits per heavy atom. The number of methoxy groups -OCH3 is 1. The molecule has 1 aromatic heterocycles. The van der Waals surface area contributed by atoms with Crippen molar-refractivity contribution in [1.29, 1.82) is 0 Å². The molecule has 0 saturated heterocycles. The van der Waals surface area contributed by atoms with E-state index in [1.54, 1.807) is 7.11 Å². The number of nitrogens with zero attached hydrogens (tertiary/aromatic N) is 1. The van der Waals surface area contributed by atoms with E-state index in [0.717, 1.165) is 40.1 Å². The summed E-state index contributed by atoms with van der Waals surface area (Å²) < 4.78 is 14.0. The lowest BCUT2D eigenvalue weighted by Gasteiger charge is -2.09. The Hall–Kier alpha value is -1.55. The fourth-order valence-electron chi connectivity index (χ4n) is 1.99. The quantitative estimate of drug-likeness (QED) is 0.776. The molecule has 0 aliphatic rings. The van der Waals surface area contributed by atoms with E-state index in [1.165, 1.54) is 0 Å². The molecule has 0 radical (unpaired) electrons. The van der Waals surface area contributed by atoms with Gasteiger partial charge in [-0.3, -0.25) is 0 Å². The lowest BCUT2D eigenvalue weighted by molar-refractivity contribution is -0.671. The SMILES string of the molecule is CCCOc1cccc(-c2c[n+](C)cc(OC)c2Br)c1. The lowest BCUT2D eigenvalue weighted by Crippen LogP contribution is -2.27. The maximum atomic E-state index is 5.69. The number of aromatic nitrogens is 1. The Kier molecular flexibility index (Phi) is 5.01. The first-order valence-electron chi connectivity index (χ1n) is 6.61. The molecular weight excluding hydrogens is 318 g/mol. The van der Waals surface area contributed by atoms with Crippen LogP contribution in [0, 0.1) is 0 Å². The smallest absolute Gasteiger partial charge is 0.212 e. The van der Waals surface area contributed by atoms with E-state index < -0.39 is 0 Å². The third kappa shape index (κ3) is 3.31. The molecule has 2 rings (SSSR count). The molecule has 1 aromatic carbocycles. The first-order chi connectivity index (χ1) is 9.65. The summed E-state index contributed by atoms with van der Waals surface area (Å²) >= 11 is 3.61. The summed E-state index contributed by atoms with van der Waals surface area (Å²) in [6, 6.07) is 8.10. The topological polar surface area (TPSA) is 22.3 Å². The highest BCUT2D eigenvalue weighted by atomic mass is 79.9. The predicted molar refractivity (Wildman–Crippen MR) is 83.1 cm³/mol. The molecule has 20 heavy (non-hydrogen) atoms. The molecule has 0 amide bonds. The number of ether oxygens (including phenoxy) is 2. The number of benzene rings is 1. The standard InChI is InChI=1S/C16H19BrNO2/c1-4-8-20-13-7-5-6-12(9-13)14-10-18(2)11-15(19-3)16(14)17/h5-7,9-11H,4,8H2,1-3H3/q+1. The van der Waals surface area contributed by atoms with Crippen LogP contribution in [0.4, 0.5) is 0 Å². The third-order valence-electron chi connectivity index (χ3n) is 2.94. The van der Waals surface area contributed by atoms with E-state index in [1.807, 2.05) is 29.9 Å². The average Bonchev–Trinajstić information content (AvgIpc) is 2.47. The van der Waals surface area contributed by atoms with Gasteiger partial charge in [-0.2, -0.15) is 0 Å². The molecule has 1 heterocycles. The number of rotatable bonds is 5. The summed E-state index contributed by atoms with van der Waals surface area (Å²) in [5.41, 5.74) is 2.17. The molecule has 0 bridgehead atoms. The molecule has 0 saturated carbocycles. The molecule has 0 spiro atoms. The van der Waals surface area contributed by atoms with Crippen molar-refractivity contribution in [2.24, 2.45) is 7.05 Å². The van der Waals surface area contributed by atoms with Gasteiger partial charge in [0.2, 0.25) is 6.20 Å². The predicted octanol–water partition coefficient (Wildman–Crippen LogP) is 3.74. The van der Waals surface area contributed by atoms with Crippen LogP contribution >= 0.6 is 15.9 Å². The summed E-state index contributed by atoms with van der Waals surface area (Å²) in [4.78, 5) is 0. The van der Waals surface area contributed by atoms with Gasteiger partial charge in [0.25, 0.3) is 0 Å². The minimum atomic E-state index is 0.733. The molecule has 0 unspecified atom stereocenters. The molecule has 0 atom stereocenters. The van der Waals surface area contributed by atoms with Gasteiger partial charge < -0.3 is 9.47 Å². The first-order valence-corrected chi connectivity index (χ1v) is 7.41. The third-order valence-corrected chi connectivity index (χ3v) is 3.76. The summed E-state index contributed by atoms with van der Waals surface area (Å²) in [5, 5.41) is 0. The van der Waals surface area contributed by atoms with Crippen LogP contribution in [0.3, 0.4) is 0 Å². The minimum Gasteiger partial charge on any atom is -0.494 e. The van der Waals surface area contributed by atoms with Crippen LogP contribution in [0.25, 0.3) is 11.1 Å². The van der Waals surface area contributed by atoms with Gasteiger partial charge in [-0.1, -0.05) is 19.1 Å². The zero-order valence-electron chi connectivity index (χ0n) is 12.0. The van der Waals surface area contributed by atoms with Crippen LogP contribution in [-0.2, 0) is 7.05 Å². The Balaban J connectivity index is 2.43. The fraction of sp³-hybridized carbons (Fsp3) is 0.312. The number of pyridine rings is 1. The summed E-state index contributed by atoms with van der Waals surface area (Å²) in [5.74, 6) is 1.70. The zero-order chi connectivity index (χ0) is 14.5. The van der Waals surface area contributed by atoms with Crippen molar-refractivity contribution in [2.75, 3.05) is 13.7 Å². The van der Waals surface area contributed by atoms with Crippen LogP contribution in [-0.4, -0.2) is 13.7 Å². The molecule has 0 aliphatic heterocycles. The second kappa shape index (κ2) is 6.75. The van der Waals surface area contributed by atoms with Crippen molar-refractivity contribution in [1.82, 2.24) is 0 Å². The van der Waals surface area contributed by atoms with Gasteiger partial charge in [0.05, 0.1) is 23.8 Å². The van der Waals surface area contributed by atoms with Gasteiger partial charge in [-0.15, -0.1) is 0 Å². The maximum absolute atomic E-state index is 5.69. The van der Waals surface area contributed by atoms with Crippen LogP contribution in [0.5, 0.6) is 11.5 Å². The number of halogens is 1. The van der Waals surface area contributed by atoms with E-state index in [9.17, 15) is 0 Å². The van der Waals surface area contributed by atoms with Crippen LogP contribution in [0.1, 0.15) is 13.3 Å². The number of aryl methyl sites for hydroxylation is 1. The Morgan fingerprint density at radius 2 is 2.05 bits per heavy atom. The van der Waals surface area contributed by atoms with Gasteiger partial charge in [-0.05, 0) is 40.0 Å².